The Kier molecular flexibility index (Phi) is 15.5. The van der Waals surface area contributed by atoms with E-state index in [-0.39, 0.29) is 36.4 Å². The second-order valence-electron chi connectivity index (χ2n) is 6.29. The molecule has 0 saturated heterocycles. The lowest BCUT2D eigenvalue weighted by molar-refractivity contribution is -0.127. The Morgan fingerprint density at radius 3 is 2.59 bits per heavy atom. The molecule has 27 heavy (non-hydrogen) atoms. The Hall–Kier alpha value is -0.910. The van der Waals surface area contributed by atoms with Gasteiger partial charge in [-0.1, -0.05) is 6.07 Å². The van der Waals surface area contributed by atoms with Gasteiger partial charge in [-0.25, -0.2) is 4.99 Å². The van der Waals surface area contributed by atoms with Crippen molar-refractivity contribution in [3.8, 4) is 0 Å². The summed E-state index contributed by atoms with van der Waals surface area (Å²) in [6, 6.07) is 4.18. The molecule has 7 nitrogen and oxygen atoms in total. The van der Waals surface area contributed by atoms with E-state index in [0.29, 0.717) is 5.96 Å². The van der Waals surface area contributed by atoms with E-state index in [4.69, 9.17) is 4.74 Å². The molecule has 0 aromatic carbocycles. The number of carbonyl (C=O) groups is 1. The van der Waals surface area contributed by atoms with Gasteiger partial charge in [0.2, 0.25) is 5.91 Å². The highest BCUT2D eigenvalue weighted by molar-refractivity contribution is 14.0. The Morgan fingerprint density at radius 2 is 1.96 bits per heavy atom. The van der Waals surface area contributed by atoms with Gasteiger partial charge in [0.15, 0.2) is 5.96 Å². The molecule has 0 atom stereocenters. The van der Waals surface area contributed by atoms with Gasteiger partial charge in [0.05, 0.1) is 0 Å². The largest absolute Gasteiger partial charge is 0.385 e. The van der Waals surface area contributed by atoms with Gasteiger partial charge in [0.1, 0.15) is 6.54 Å². The summed E-state index contributed by atoms with van der Waals surface area (Å²) in [6.07, 6.45) is 1.96. The summed E-state index contributed by atoms with van der Waals surface area (Å²) < 4.78 is 5.08. The SMILES string of the molecule is COCCCN(C)CCNC(=NCC(=O)N(C)C)NCCc1cccs1.I. The average Bonchev–Trinajstić information content (AvgIpc) is 3.12. The number of guanidine groups is 1. The van der Waals surface area contributed by atoms with Gasteiger partial charge in [0.25, 0.3) is 0 Å². The van der Waals surface area contributed by atoms with Crippen LogP contribution in [0.3, 0.4) is 0 Å². The van der Waals surface area contributed by atoms with Crippen LogP contribution in [0.25, 0.3) is 0 Å². The van der Waals surface area contributed by atoms with Crippen molar-refractivity contribution in [2.24, 2.45) is 4.99 Å². The number of halogens is 1. The van der Waals surface area contributed by atoms with Crippen LogP contribution in [0.2, 0.25) is 0 Å². The first kappa shape index (κ1) is 26.1. The van der Waals surface area contributed by atoms with Crippen molar-refractivity contribution >= 4 is 47.2 Å². The minimum atomic E-state index is -0.0129. The predicted octanol–water partition coefficient (Wildman–Crippen LogP) is 1.50. The van der Waals surface area contributed by atoms with E-state index < -0.39 is 0 Å². The van der Waals surface area contributed by atoms with Crippen LogP contribution < -0.4 is 10.6 Å². The third kappa shape index (κ3) is 13.0. The van der Waals surface area contributed by atoms with Crippen LogP contribution in [0, 0.1) is 0 Å². The van der Waals surface area contributed by atoms with Crippen LogP contribution in [-0.2, 0) is 16.0 Å². The first-order valence-electron chi connectivity index (χ1n) is 8.95. The molecule has 2 N–H and O–H groups in total. The molecule has 1 amide bonds. The van der Waals surface area contributed by atoms with Crippen LogP contribution in [-0.4, -0.2) is 89.3 Å². The number of nitrogens with one attached hydrogen (secondary N) is 2. The first-order valence-corrected chi connectivity index (χ1v) is 9.83. The molecule has 1 aromatic heterocycles. The number of aliphatic imine (C=N–C) groups is 1. The predicted molar refractivity (Wildman–Crippen MR) is 124 cm³/mol. The van der Waals surface area contributed by atoms with Crippen molar-refractivity contribution < 1.29 is 9.53 Å². The number of hydrogen-bond donors (Lipinski definition) is 2. The molecule has 0 aliphatic heterocycles. The molecule has 0 bridgehead atoms. The summed E-state index contributed by atoms with van der Waals surface area (Å²) in [4.78, 5) is 21.3. The van der Waals surface area contributed by atoms with Gasteiger partial charge in [-0.3, -0.25) is 4.79 Å². The lowest BCUT2D eigenvalue weighted by Gasteiger charge is -2.18. The van der Waals surface area contributed by atoms with Gasteiger partial charge in [0, 0.05) is 58.9 Å². The van der Waals surface area contributed by atoms with E-state index in [0.717, 1.165) is 45.6 Å². The third-order valence-electron chi connectivity index (χ3n) is 3.79. The normalized spacial score (nSPS) is 11.2. The topological polar surface area (TPSA) is 69.2 Å². The summed E-state index contributed by atoms with van der Waals surface area (Å²) in [7, 11) is 7.30. The molecule has 1 heterocycles. The summed E-state index contributed by atoms with van der Waals surface area (Å²) in [6.45, 7) is 4.37. The number of nitrogens with zero attached hydrogens (tertiary/aromatic N) is 3. The quantitative estimate of drug-likeness (QED) is 0.193. The number of likely N-dealkylation sites (N-methyl/N-ethyl adjacent to an activating group) is 2. The molecule has 156 valence electrons. The van der Waals surface area contributed by atoms with Crippen molar-refractivity contribution in [3.63, 3.8) is 0 Å². The zero-order chi connectivity index (χ0) is 19.2. The van der Waals surface area contributed by atoms with Gasteiger partial charge in [-0.2, -0.15) is 0 Å². The van der Waals surface area contributed by atoms with E-state index in [1.807, 2.05) is 0 Å². The number of ether oxygens (including phenoxy) is 1. The Labute approximate surface area is 184 Å². The number of rotatable bonds is 12. The summed E-state index contributed by atoms with van der Waals surface area (Å²) >= 11 is 1.75. The Morgan fingerprint density at radius 1 is 1.22 bits per heavy atom. The molecule has 0 saturated carbocycles. The second kappa shape index (κ2) is 16.1. The van der Waals surface area contributed by atoms with Crippen molar-refractivity contribution in [3.05, 3.63) is 22.4 Å². The van der Waals surface area contributed by atoms with Crippen LogP contribution in [0.5, 0.6) is 0 Å². The van der Waals surface area contributed by atoms with Gasteiger partial charge in [-0.05, 0) is 31.3 Å². The zero-order valence-electron chi connectivity index (χ0n) is 16.9. The van der Waals surface area contributed by atoms with E-state index in [2.05, 4.69) is 45.1 Å². The maximum Gasteiger partial charge on any atom is 0.243 e. The van der Waals surface area contributed by atoms with E-state index in [1.54, 1.807) is 37.4 Å². The Balaban J connectivity index is 0.00000676. The molecule has 0 aliphatic carbocycles. The van der Waals surface area contributed by atoms with Gasteiger partial charge in [-0.15, -0.1) is 35.3 Å². The fraction of sp³-hybridized carbons (Fsp3) is 0.667. The molecular formula is C18H34IN5O2S. The number of hydrogen-bond acceptors (Lipinski definition) is 5. The number of thiophene rings is 1. The zero-order valence-corrected chi connectivity index (χ0v) is 20.0. The van der Waals surface area contributed by atoms with Crippen molar-refractivity contribution in [2.45, 2.75) is 12.8 Å². The minimum Gasteiger partial charge on any atom is -0.385 e. The van der Waals surface area contributed by atoms with Crippen LogP contribution in [0.4, 0.5) is 0 Å². The smallest absolute Gasteiger partial charge is 0.243 e. The number of methoxy groups -OCH3 is 1. The maximum absolute atomic E-state index is 11.8. The Bertz CT molecular complexity index is 526. The molecular weight excluding hydrogens is 477 g/mol. The summed E-state index contributed by atoms with van der Waals surface area (Å²) in [5.41, 5.74) is 0. The fourth-order valence-corrected chi connectivity index (χ4v) is 2.89. The molecule has 0 fully saturated rings. The molecule has 1 aromatic rings. The third-order valence-corrected chi connectivity index (χ3v) is 4.73. The number of amides is 1. The second-order valence-corrected chi connectivity index (χ2v) is 7.32. The van der Waals surface area contributed by atoms with Crippen LogP contribution in [0.1, 0.15) is 11.3 Å². The lowest BCUT2D eigenvalue weighted by Crippen LogP contribution is -2.42. The molecule has 0 aliphatic rings. The van der Waals surface area contributed by atoms with Crippen molar-refractivity contribution in [1.82, 2.24) is 20.4 Å². The van der Waals surface area contributed by atoms with E-state index in [9.17, 15) is 4.79 Å². The first-order chi connectivity index (χ1) is 12.5. The van der Waals surface area contributed by atoms with Crippen molar-refractivity contribution in [2.75, 3.05) is 67.6 Å². The molecule has 1 rings (SSSR count). The highest BCUT2D eigenvalue weighted by atomic mass is 127. The highest BCUT2D eigenvalue weighted by Gasteiger charge is 2.05. The summed E-state index contributed by atoms with van der Waals surface area (Å²) in [5.74, 6) is 0.670. The van der Waals surface area contributed by atoms with Gasteiger partial charge < -0.3 is 25.2 Å². The fourth-order valence-electron chi connectivity index (χ4n) is 2.18. The molecule has 0 spiro atoms. The standard InChI is InChI=1S/C18H33N5O2S.HI/c1-22(2)17(24)15-21-18(19-9-8-16-7-5-14-26-16)20-10-12-23(3)11-6-13-25-4;/h5,7,14H,6,8-13,15H2,1-4H3,(H2,19,20,21);1H. The van der Waals surface area contributed by atoms with E-state index in [1.165, 1.54) is 4.88 Å². The summed E-state index contributed by atoms with van der Waals surface area (Å²) in [5, 5.41) is 8.71. The van der Waals surface area contributed by atoms with Crippen LogP contribution in [0.15, 0.2) is 22.5 Å². The number of carbonyl (C=O) groups excluding carboxylic acids is 1. The average molecular weight is 511 g/mol. The molecule has 9 heteroatoms. The van der Waals surface area contributed by atoms with Gasteiger partial charge >= 0.3 is 0 Å². The molecule has 0 unspecified atom stereocenters. The maximum atomic E-state index is 11.8. The van der Waals surface area contributed by atoms with Crippen LogP contribution >= 0.6 is 35.3 Å². The minimum absolute atomic E-state index is 0. The monoisotopic (exact) mass is 511 g/mol. The van der Waals surface area contributed by atoms with Crippen molar-refractivity contribution in [1.29, 1.82) is 0 Å². The molecule has 0 radical (unpaired) electrons. The highest BCUT2D eigenvalue weighted by Crippen LogP contribution is 2.07. The lowest BCUT2D eigenvalue weighted by atomic mass is 10.3. The van der Waals surface area contributed by atoms with E-state index >= 15 is 0 Å².